The molecule has 0 spiro atoms. The summed E-state index contributed by atoms with van der Waals surface area (Å²) >= 11 is 0. The van der Waals surface area contributed by atoms with E-state index in [0.29, 0.717) is 0 Å². The van der Waals surface area contributed by atoms with E-state index in [1.54, 1.807) is 12.2 Å². The Morgan fingerprint density at radius 1 is 1.44 bits per heavy atom. The zero-order valence-corrected chi connectivity index (χ0v) is 10.6. The van der Waals surface area contributed by atoms with Gasteiger partial charge in [0.15, 0.2) is 15.6 Å². The molecule has 1 N–H and O–H groups in total. The van der Waals surface area contributed by atoms with Crippen LogP contribution in [0.3, 0.4) is 0 Å². The third-order valence-corrected chi connectivity index (χ3v) is 3.78. The lowest BCUT2D eigenvalue weighted by molar-refractivity contribution is -0.134. The van der Waals surface area contributed by atoms with Crippen LogP contribution in [0.15, 0.2) is 59.6 Å². The highest BCUT2D eigenvalue weighted by Crippen LogP contribution is 2.11. The van der Waals surface area contributed by atoms with Crippen molar-refractivity contribution in [1.82, 2.24) is 0 Å². The lowest BCUT2D eigenvalue weighted by Gasteiger charge is -2.00. The Bertz CT molecular complexity index is 560. The molecule has 96 valence electrons. The highest BCUT2D eigenvalue weighted by Gasteiger charge is 2.17. The Morgan fingerprint density at radius 2 is 2.17 bits per heavy atom. The first-order chi connectivity index (χ1) is 8.42. The van der Waals surface area contributed by atoms with Gasteiger partial charge in [0.1, 0.15) is 0 Å². The van der Waals surface area contributed by atoms with Crippen molar-refractivity contribution in [3.05, 3.63) is 59.6 Å². The van der Waals surface area contributed by atoms with Gasteiger partial charge in [0, 0.05) is 0 Å². The molecular formula is C13H14O4S. The van der Waals surface area contributed by atoms with E-state index in [4.69, 9.17) is 5.11 Å². The lowest BCUT2D eigenvalue weighted by atomic mass is 10.1. The fraction of sp³-hybridized carbons (Fsp3) is 0.154. The predicted molar refractivity (Wildman–Crippen MR) is 70.7 cm³/mol. The zero-order valence-electron chi connectivity index (χ0n) is 9.74. The quantitative estimate of drug-likeness (QED) is 0.772. The van der Waals surface area contributed by atoms with Gasteiger partial charge in [0.25, 0.3) is 0 Å². The minimum atomic E-state index is -3.80. The first-order valence-electron chi connectivity index (χ1n) is 5.26. The van der Waals surface area contributed by atoms with E-state index in [9.17, 15) is 13.2 Å². The van der Waals surface area contributed by atoms with E-state index in [1.165, 1.54) is 6.08 Å². The molecule has 1 aliphatic carbocycles. The summed E-state index contributed by atoms with van der Waals surface area (Å²) in [4.78, 5) is 10.2. The molecule has 0 saturated heterocycles. The van der Waals surface area contributed by atoms with Crippen LogP contribution in [0.4, 0.5) is 0 Å². The molecule has 0 radical (unpaired) electrons. The zero-order chi connectivity index (χ0) is 13.6. The smallest absolute Gasteiger partial charge is 0.319 e. The van der Waals surface area contributed by atoms with Gasteiger partial charge in [-0.25, -0.2) is 8.42 Å². The van der Waals surface area contributed by atoms with Gasteiger partial charge >= 0.3 is 5.97 Å². The Balaban J connectivity index is 2.68. The van der Waals surface area contributed by atoms with Crippen LogP contribution in [-0.4, -0.2) is 25.2 Å². The largest absolute Gasteiger partial charge is 0.480 e. The molecule has 0 aromatic heterocycles. The van der Waals surface area contributed by atoms with E-state index in [0.717, 1.165) is 12.0 Å². The number of hydrogen-bond donors (Lipinski definition) is 1. The molecular weight excluding hydrogens is 252 g/mol. The third kappa shape index (κ3) is 4.55. The summed E-state index contributed by atoms with van der Waals surface area (Å²) in [5.74, 6) is -2.32. The number of carbonyl (C=O) groups is 1. The minimum Gasteiger partial charge on any atom is -0.480 e. The first kappa shape index (κ1) is 14.2. The summed E-state index contributed by atoms with van der Waals surface area (Å²) in [5.41, 5.74) is 1.04. The third-order valence-electron chi connectivity index (χ3n) is 2.22. The molecule has 0 fully saturated rings. The number of carboxylic acid groups (broad SMARTS) is 1. The molecule has 18 heavy (non-hydrogen) atoms. The number of aliphatic carboxylic acids is 1. The average molecular weight is 266 g/mol. The summed E-state index contributed by atoms with van der Waals surface area (Å²) in [6, 6.07) is 0. The Labute approximate surface area is 106 Å². The topological polar surface area (TPSA) is 71.4 Å². The molecule has 0 aromatic rings. The summed E-state index contributed by atoms with van der Waals surface area (Å²) in [6.45, 7) is 3.36. The van der Waals surface area contributed by atoms with Gasteiger partial charge in [-0.3, -0.25) is 4.79 Å². The van der Waals surface area contributed by atoms with Crippen molar-refractivity contribution in [2.75, 3.05) is 5.75 Å². The van der Waals surface area contributed by atoms with Crippen LogP contribution in [0.25, 0.3) is 0 Å². The van der Waals surface area contributed by atoms with Crippen molar-refractivity contribution in [3.8, 4) is 0 Å². The van der Waals surface area contributed by atoms with E-state index in [1.807, 2.05) is 24.3 Å². The molecule has 5 heteroatoms. The molecule has 0 atom stereocenters. The fourth-order valence-electron chi connectivity index (χ4n) is 1.29. The molecule has 0 aliphatic heterocycles. The molecule has 0 unspecified atom stereocenters. The minimum absolute atomic E-state index is 0.197. The lowest BCUT2D eigenvalue weighted by Crippen LogP contribution is -2.15. The SMILES string of the molecule is C=C(/C=C\C=C1C=CC=CC1)S(=O)(=O)CC(=O)O. The highest BCUT2D eigenvalue weighted by atomic mass is 32.2. The van der Waals surface area contributed by atoms with Crippen LogP contribution in [0.1, 0.15) is 6.42 Å². The van der Waals surface area contributed by atoms with Crippen LogP contribution < -0.4 is 0 Å². The van der Waals surface area contributed by atoms with Crippen molar-refractivity contribution in [2.45, 2.75) is 6.42 Å². The fourth-order valence-corrected chi connectivity index (χ4v) is 2.09. The van der Waals surface area contributed by atoms with Crippen molar-refractivity contribution < 1.29 is 18.3 Å². The number of carboxylic acids is 1. The maximum atomic E-state index is 11.4. The average Bonchev–Trinajstić information content (AvgIpc) is 2.28. The number of sulfone groups is 1. The normalized spacial score (nSPS) is 17.4. The van der Waals surface area contributed by atoms with E-state index < -0.39 is 21.6 Å². The van der Waals surface area contributed by atoms with Crippen LogP contribution in [0, 0.1) is 0 Å². The summed E-state index contributed by atoms with van der Waals surface area (Å²) in [6.07, 6.45) is 13.1. The van der Waals surface area contributed by atoms with Gasteiger partial charge in [-0.05, 0) is 18.1 Å². The summed E-state index contributed by atoms with van der Waals surface area (Å²) in [7, 11) is -3.80. The van der Waals surface area contributed by atoms with Crippen molar-refractivity contribution >= 4 is 15.8 Å². The van der Waals surface area contributed by atoms with Gasteiger partial charge in [-0.2, -0.15) is 0 Å². The standard InChI is InChI=1S/C13H14O4S/c1-11(18(16,17)10-13(14)15)6-5-9-12-7-3-2-4-8-12/h2-7,9H,1,8,10H2,(H,14,15)/b6-5-,12-9?. The summed E-state index contributed by atoms with van der Waals surface area (Å²) in [5, 5.41) is 8.45. The number of hydrogen-bond acceptors (Lipinski definition) is 3. The predicted octanol–water partition coefficient (Wildman–Crippen LogP) is 2.00. The molecule has 4 nitrogen and oxygen atoms in total. The van der Waals surface area contributed by atoms with Crippen LogP contribution in [0.2, 0.25) is 0 Å². The van der Waals surface area contributed by atoms with Gasteiger partial charge in [0.2, 0.25) is 0 Å². The monoisotopic (exact) mass is 266 g/mol. The second-order valence-corrected chi connectivity index (χ2v) is 5.75. The van der Waals surface area contributed by atoms with Crippen molar-refractivity contribution in [3.63, 3.8) is 0 Å². The maximum Gasteiger partial charge on any atom is 0.319 e. The molecule has 0 saturated carbocycles. The molecule has 0 amide bonds. The van der Waals surface area contributed by atoms with Gasteiger partial charge in [-0.15, -0.1) is 0 Å². The van der Waals surface area contributed by atoms with E-state index in [2.05, 4.69) is 6.58 Å². The number of rotatable bonds is 5. The summed E-state index contributed by atoms with van der Waals surface area (Å²) < 4.78 is 22.9. The first-order valence-corrected chi connectivity index (χ1v) is 6.91. The Morgan fingerprint density at radius 3 is 2.72 bits per heavy atom. The molecule has 1 rings (SSSR count). The number of allylic oxidation sites excluding steroid dienone is 8. The van der Waals surface area contributed by atoms with Gasteiger partial charge in [-0.1, -0.05) is 43.0 Å². The highest BCUT2D eigenvalue weighted by molar-refractivity contribution is 7.96. The van der Waals surface area contributed by atoms with E-state index in [-0.39, 0.29) is 4.91 Å². The van der Waals surface area contributed by atoms with Gasteiger partial charge < -0.3 is 5.11 Å². The van der Waals surface area contributed by atoms with Crippen molar-refractivity contribution in [2.24, 2.45) is 0 Å². The second-order valence-electron chi connectivity index (χ2n) is 3.71. The molecule has 1 aliphatic rings. The second kappa shape index (κ2) is 6.16. The van der Waals surface area contributed by atoms with Crippen LogP contribution >= 0.6 is 0 Å². The molecule has 0 bridgehead atoms. The van der Waals surface area contributed by atoms with Crippen molar-refractivity contribution in [1.29, 1.82) is 0 Å². The van der Waals surface area contributed by atoms with Gasteiger partial charge in [0.05, 0.1) is 4.91 Å². The molecule has 0 aromatic carbocycles. The Kier molecular flexibility index (Phi) is 4.85. The van der Waals surface area contributed by atoms with Crippen LogP contribution in [0.5, 0.6) is 0 Å². The molecule has 0 heterocycles. The Hall–Kier alpha value is -1.88. The van der Waals surface area contributed by atoms with Crippen LogP contribution in [-0.2, 0) is 14.6 Å². The van der Waals surface area contributed by atoms with E-state index >= 15 is 0 Å². The maximum absolute atomic E-state index is 11.4.